The van der Waals surface area contributed by atoms with Gasteiger partial charge in [-0.05, 0) is 43.9 Å². The van der Waals surface area contributed by atoms with E-state index in [1.807, 2.05) is 4.90 Å². The highest BCUT2D eigenvalue weighted by atomic mass is 35.5. The van der Waals surface area contributed by atoms with E-state index in [2.05, 4.69) is 0 Å². The summed E-state index contributed by atoms with van der Waals surface area (Å²) in [5.41, 5.74) is 0.364. The van der Waals surface area contributed by atoms with Crippen molar-refractivity contribution in [2.75, 3.05) is 12.4 Å². The van der Waals surface area contributed by atoms with Gasteiger partial charge in [-0.2, -0.15) is 0 Å². The molecule has 1 fully saturated rings. The van der Waals surface area contributed by atoms with E-state index < -0.39 is 0 Å². The number of aromatic hydroxyl groups is 1. The summed E-state index contributed by atoms with van der Waals surface area (Å²) >= 11 is 11.8. The normalized spacial score (nSPS) is 15.1. The average molecular weight is 302 g/mol. The minimum absolute atomic E-state index is 0.0543. The largest absolute Gasteiger partial charge is 0.508 e. The Balaban J connectivity index is 2.19. The van der Waals surface area contributed by atoms with Crippen LogP contribution in [0.5, 0.6) is 5.75 Å². The maximum absolute atomic E-state index is 12.5. The van der Waals surface area contributed by atoms with Gasteiger partial charge in [0.15, 0.2) is 0 Å². The van der Waals surface area contributed by atoms with Gasteiger partial charge >= 0.3 is 0 Å². The van der Waals surface area contributed by atoms with Gasteiger partial charge in [-0.15, -0.1) is 11.6 Å². The van der Waals surface area contributed by atoms with Gasteiger partial charge in [-0.3, -0.25) is 4.79 Å². The van der Waals surface area contributed by atoms with E-state index in [0.29, 0.717) is 23.0 Å². The fraction of sp³-hybridized carbons (Fsp3) is 0.500. The van der Waals surface area contributed by atoms with Gasteiger partial charge in [0, 0.05) is 18.5 Å². The molecular formula is C14H17Cl2NO2. The first-order chi connectivity index (χ1) is 9.13. The van der Waals surface area contributed by atoms with Crippen molar-refractivity contribution in [1.82, 2.24) is 4.90 Å². The van der Waals surface area contributed by atoms with E-state index in [-0.39, 0.29) is 17.7 Å². The maximum Gasteiger partial charge on any atom is 0.255 e. The van der Waals surface area contributed by atoms with Crippen molar-refractivity contribution in [1.29, 1.82) is 0 Å². The van der Waals surface area contributed by atoms with E-state index in [4.69, 9.17) is 23.2 Å². The fourth-order valence-corrected chi connectivity index (χ4v) is 2.53. The van der Waals surface area contributed by atoms with Crippen LogP contribution in [0.25, 0.3) is 0 Å². The lowest BCUT2D eigenvalue weighted by Gasteiger charge is -2.37. The first kappa shape index (κ1) is 14.5. The summed E-state index contributed by atoms with van der Waals surface area (Å²) in [5.74, 6) is 0.471. The number of benzene rings is 1. The molecule has 1 N–H and O–H groups in total. The molecule has 1 aromatic carbocycles. The molecule has 0 bridgehead atoms. The van der Waals surface area contributed by atoms with Crippen LogP contribution in [0.2, 0.25) is 5.02 Å². The first-order valence-electron chi connectivity index (χ1n) is 6.49. The molecule has 1 amide bonds. The Labute approximate surface area is 123 Å². The van der Waals surface area contributed by atoms with Crippen molar-refractivity contribution in [3.63, 3.8) is 0 Å². The van der Waals surface area contributed by atoms with Crippen LogP contribution in [0.15, 0.2) is 18.2 Å². The smallest absolute Gasteiger partial charge is 0.255 e. The summed E-state index contributed by atoms with van der Waals surface area (Å²) in [7, 11) is 0. The lowest BCUT2D eigenvalue weighted by molar-refractivity contribution is 0.0580. The molecule has 0 aromatic heterocycles. The number of hydrogen-bond acceptors (Lipinski definition) is 2. The summed E-state index contributed by atoms with van der Waals surface area (Å²) < 4.78 is 0. The van der Waals surface area contributed by atoms with Crippen LogP contribution in [0, 0.1) is 0 Å². The van der Waals surface area contributed by atoms with Crippen molar-refractivity contribution in [3.8, 4) is 5.75 Å². The van der Waals surface area contributed by atoms with Gasteiger partial charge < -0.3 is 10.0 Å². The molecule has 1 saturated carbocycles. The standard InChI is InChI=1S/C14H17Cl2NO2/c15-7-2-8-17(10-3-1-4-10)14(19)12-9-11(18)5-6-13(12)16/h5-6,9-10,18H,1-4,7-8H2. The number of amides is 1. The van der Waals surface area contributed by atoms with E-state index >= 15 is 0 Å². The zero-order valence-corrected chi connectivity index (χ0v) is 12.1. The number of alkyl halides is 1. The Hall–Kier alpha value is -0.930. The minimum atomic E-state index is -0.115. The molecule has 0 aliphatic heterocycles. The van der Waals surface area contributed by atoms with Gasteiger partial charge in [0.05, 0.1) is 10.6 Å². The van der Waals surface area contributed by atoms with Crippen LogP contribution < -0.4 is 0 Å². The zero-order chi connectivity index (χ0) is 13.8. The van der Waals surface area contributed by atoms with Crippen LogP contribution in [-0.2, 0) is 0 Å². The third-order valence-corrected chi connectivity index (χ3v) is 4.09. The Bertz CT molecular complexity index is 461. The molecule has 5 heteroatoms. The summed E-state index contributed by atoms with van der Waals surface area (Å²) in [6, 6.07) is 4.74. The van der Waals surface area contributed by atoms with Crippen molar-refractivity contribution >= 4 is 29.1 Å². The molecule has 19 heavy (non-hydrogen) atoms. The number of halogens is 2. The van der Waals surface area contributed by atoms with Crippen molar-refractivity contribution in [2.24, 2.45) is 0 Å². The van der Waals surface area contributed by atoms with E-state index in [1.54, 1.807) is 6.07 Å². The van der Waals surface area contributed by atoms with Crippen molar-refractivity contribution in [3.05, 3.63) is 28.8 Å². The second-order valence-corrected chi connectivity index (χ2v) is 5.58. The van der Waals surface area contributed by atoms with E-state index in [0.717, 1.165) is 25.7 Å². The number of phenols is 1. The maximum atomic E-state index is 12.5. The molecule has 0 heterocycles. The predicted molar refractivity (Wildman–Crippen MR) is 77.1 cm³/mol. The zero-order valence-electron chi connectivity index (χ0n) is 10.6. The van der Waals surface area contributed by atoms with E-state index in [1.165, 1.54) is 12.1 Å². The van der Waals surface area contributed by atoms with Gasteiger partial charge in [0.2, 0.25) is 0 Å². The van der Waals surface area contributed by atoms with Crippen LogP contribution in [0.4, 0.5) is 0 Å². The Kier molecular flexibility index (Phi) is 4.94. The molecule has 0 atom stereocenters. The highest BCUT2D eigenvalue weighted by Gasteiger charge is 2.29. The molecule has 104 valence electrons. The number of carbonyl (C=O) groups is 1. The number of rotatable bonds is 5. The monoisotopic (exact) mass is 301 g/mol. The summed E-state index contributed by atoms with van der Waals surface area (Å²) in [6.07, 6.45) is 3.98. The highest BCUT2D eigenvalue weighted by Crippen LogP contribution is 2.29. The average Bonchev–Trinajstić information content (AvgIpc) is 2.34. The number of phenolic OH excluding ortho intramolecular Hbond substituents is 1. The highest BCUT2D eigenvalue weighted by molar-refractivity contribution is 6.33. The topological polar surface area (TPSA) is 40.5 Å². The Morgan fingerprint density at radius 3 is 2.74 bits per heavy atom. The first-order valence-corrected chi connectivity index (χ1v) is 7.40. The van der Waals surface area contributed by atoms with Crippen LogP contribution in [0.3, 0.4) is 0 Å². The van der Waals surface area contributed by atoms with Gasteiger partial charge in [-0.25, -0.2) is 0 Å². The summed E-state index contributed by atoms with van der Waals surface area (Å²) in [5, 5.41) is 9.88. The molecule has 0 unspecified atom stereocenters. The molecule has 1 aliphatic carbocycles. The molecule has 0 spiro atoms. The minimum Gasteiger partial charge on any atom is -0.508 e. The summed E-state index contributed by atoms with van der Waals surface area (Å²) in [6.45, 7) is 0.638. The van der Waals surface area contributed by atoms with Crippen LogP contribution in [-0.4, -0.2) is 34.4 Å². The fourth-order valence-electron chi connectivity index (χ4n) is 2.21. The SMILES string of the molecule is O=C(c1cc(O)ccc1Cl)N(CCCCl)C1CCC1. The second kappa shape index (κ2) is 6.49. The van der Waals surface area contributed by atoms with Crippen LogP contribution >= 0.6 is 23.2 Å². The second-order valence-electron chi connectivity index (χ2n) is 4.79. The molecule has 0 radical (unpaired) electrons. The Morgan fingerprint density at radius 2 is 2.16 bits per heavy atom. The van der Waals surface area contributed by atoms with Crippen molar-refractivity contribution < 1.29 is 9.90 Å². The van der Waals surface area contributed by atoms with Gasteiger partial charge in [0.1, 0.15) is 5.75 Å². The number of nitrogens with zero attached hydrogens (tertiary/aromatic N) is 1. The predicted octanol–water partition coefficient (Wildman–Crippen LogP) is 3.67. The van der Waals surface area contributed by atoms with Crippen LogP contribution in [0.1, 0.15) is 36.0 Å². The quantitative estimate of drug-likeness (QED) is 0.843. The molecular weight excluding hydrogens is 285 g/mol. The molecule has 0 saturated heterocycles. The summed E-state index contributed by atoms with van der Waals surface area (Å²) in [4.78, 5) is 14.4. The third kappa shape index (κ3) is 3.34. The lowest BCUT2D eigenvalue weighted by atomic mass is 9.90. The molecule has 3 nitrogen and oxygen atoms in total. The van der Waals surface area contributed by atoms with Crippen molar-refractivity contribution in [2.45, 2.75) is 31.7 Å². The number of hydrogen-bond donors (Lipinski definition) is 1. The molecule has 1 aromatic rings. The third-order valence-electron chi connectivity index (χ3n) is 3.49. The number of carbonyl (C=O) groups excluding carboxylic acids is 1. The van der Waals surface area contributed by atoms with Gasteiger partial charge in [0.25, 0.3) is 5.91 Å². The molecule has 1 aliphatic rings. The van der Waals surface area contributed by atoms with E-state index in [9.17, 15) is 9.90 Å². The molecule has 2 rings (SSSR count). The lowest BCUT2D eigenvalue weighted by Crippen LogP contribution is -2.45. The Morgan fingerprint density at radius 1 is 1.42 bits per heavy atom. The van der Waals surface area contributed by atoms with Gasteiger partial charge in [-0.1, -0.05) is 11.6 Å².